The Morgan fingerprint density at radius 3 is 2.38 bits per heavy atom. The van der Waals surface area contributed by atoms with Crippen molar-refractivity contribution in [3.05, 3.63) is 0 Å². The molecule has 4 atom stereocenters. The second-order valence-corrected chi connectivity index (χ2v) is 5.57. The average molecular weight is 226 g/mol. The van der Waals surface area contributed by atoms with Crippen LogP contribution in [0.3, 0.4) is 0 Å². The van der Waals surface area contributed by atoms with E-state index in [0.29, 0.717) is 24.2 Å². The van der Waals surface area contributed by atoms with Crippen molar-refractivity contribution in [3.8, 4) is 0 Å². The predicted molar refractivity (Wildman–Crippen MR) is 66.2 cm³/mol. The maximum Gasteiger partial charge on any atom is 0.0562 e. The molecule has 2 heterocycles. The smallest absolute Gasteiger partial charge is 0.0562 e. The Labute approximate surface area is 99.5 Å². The van der Waals surface area contributed by atoms with Crippen molar-refractivity contribution in [1.82, 2.24) is 10.4 Å². The van der Waals surface area contributed by atoms with Crippen LogP contribution in [0.25, 0.3) is 0 Å². The van der Waals surface area contributed by atoms with Crippen molar-refractivity contribution in [2.24, 2.45) is 0 Å². The van der Waals surface area contributed by atoms with Crippen LogP contribution in [0.2, 0.25) is 0 Å². The van der Waals surface area contributed by atoms with Crippen molar-refractivity contribution in [2.75, 3.05) is 6.61 Å². The molecule has 0 radical (unpaired) electrons. The number of ether oxygens (including phenoxy) is 1. The van der Waals surface area contributed by atoms with E-state index < -0.39 is 0 Å². The maximum absolute atomic E-state index is 5.59. The molecule has 0 bridgehead atoms. The van der Waals surface area contributed by atoms with Crippen LogP contribution in [-0.2, 0) is 4.74 Å². The summed E-state index contributed by atoms with van der Waals surface area (Å²) in [4.78, 5) is 0. The van der Waals surface area contributed by atoms with Crippen LogP contribution in [0.15, 0.2) is 0 Å². The summed E-state index contributed by atoms with van der Waals surface area (Å²) in [6.07, 6.45) is 6.76. The SMILES string of the molecule is CC1CC(NN2C(C)CCCC2C)CCO1. The van der Waals surface area contributed by atoms with Gasteiger partial charge < -0.3 is 4.74 Å². The minimum atomic E-state index is 0.418. The van der Waals surface area contributed by atoms with Gasteiger partial charge in [-0.3, -0.25) is 5.43 Å². The number of piperidine rings is 1. The van der Waals surface area contributed by atoms with Gasteiger partial charge in [0.2, 0.25) is 0 Å². The normalized spacial score (nSPS) is 42.2. The van der Waals surface area contributed by atoms with Gasteiger partial charge in [0.05, 0.1) is 6.10 Å². The van der Waals surface area contributed by atoms with Crippen LogP contribution in [-0.4, -0.2) is 35.8 Å². The number of hydrogen-bond donors (Lipinski definition) is 1. The Hall–Kier alpha value is -0.120. The predicted octanol–water partition coefficient (Wildman–Crippen LogP) is 2.32. The van der Waals surface area contributed by atoms with E-state index >= 15 is 0 Å². The first-order valence-corrected chi connectivity index (χ1v) is 6.83. The maximum atomic E-state index is 5.59. The molecule has 3 heteroatoms. The summed E-state index contributed by atoms with van der Waals surface area (Å²) in [5.41, 5.74) is 3.74. The van der Waals surface area contributed by atoms with Gasteiger partial charge in [0.1, 0.15) is 0 Å². The van der Waals surface area contributed by atoms with E-state index in [1.165, 1.54) is 19.3 Å². The second kappa shape index (κ2) is 5.48. The quantitative estimate of drug-likeness (QED) is 0.782. The Bertz CT molecular complexity index is 212. The first-order valence-electron chi connectivity index (χ1n) is 6.83. The highest BCUT2D eigenvalue weighted by molar-refractivity contribution is 4.81. The van der Waals surface area contributed by atoms with Gasteiger partial charge in [0.15, 0.2) is 0 Å². The molecule has 0 spiro atoms. The molecule has 2 aliphatic rings. The van der Waals surface area contributed by atoms with Crippen LogP contribution >= 0.6 is 0 Å². The first-order chi connectivity index (χ1) is 7.66. The third-order valence-corrected chi connectivity index (χ3v) is 4.01. The number of nitrogens with zero attached hydrogens (tertiary/aromatic N) is 1. The molecule has 0 aromatic heterocycles. The van der Waals surface area contributed by atoms with E-state index in [0.717, 1.165) is 19.4 Å². The fourth-order valence-electron chi connectivity index (χ4n) is 3.00. The molecule has 0 aromatic rings. The van der Waals surface area contributed by atoms with E-state index in [-0.39, 0.29) is 0 Å². The summed E-state index contributed by atoms with van der Waals surface area (Å²) in [5.74, 6) is 0. The minimum Gasteiger partial charge on any atom is -0.378 e. The van der Waals surface area contributed by atoms with Gasteiger partial charge in [-0.1, -0.05) is 6.42 Å². The molecule has 4 unspecified atom stereocenters. The number of rotatable bonds is 2. The molecular formula is C13H26N2O. The minimum absolute atomic E-state index is 0.418. The van der Waals surface area contributed by atoms with Crippen molar-refractivity contribution < 1.29 is 4.74 Å². The molecule has 2 aliphatic heterocycles. The Morgan fingerprint density at radius 2 is 1.75 bits per heavy atom. The summed E-state index contributed by atoms with van der Waals surface area (Å²) >= 11 is 0. The molecule has 1 N–H and O–H groups in total. The standard InChI is InChI=1S/C13H26N2O/c1-10-5-4-6-11(2)15(10)14-13-7-8-16-12(3)9-13/h10-14H,4-9H2,1-3H3. The number of nitrogens with one attached hydrogen (secondary N) is 1. The third kappa shape index (κ3) is 2.96. The van der Waals surface area contributed by atoms with E-state index in [1.54, 1.807) is 0 Å². The van der Waals surface area contributed by atoms with Crippen molar-refractivity contribution in [3.63, 3.8) is 0 Å². The molecule has 3 nitrogen and oxygen atoms in total. The lowest BCUT2D eigenvalue weighted by Crippen LogP contribution is -2.56. The summed E-state index contributed by atoms with van der Waals surface area (Å²) in [7, 11) is 0. The van der Waals surface area contributed by atoms with Gasteiger partial charge in [0, 0.05) is 24.7 Å². The average Bonchev–Trinajstić information content (AvgIpc) is 2.24. The van der Waals surface area contributed by atoms with Gasteiger partial charge in [-0.05, 0) is 46.5 Å². The highest BCUT2D eigenvalue weighted by Gasteiger charge is 2.28. The molecular weight excluding hydrogens is 200 g/mol. The molecule has 16 heavy (non-hydrogen) atoms. The zero-order valence-corrected chi connectivity index (χ0v) is 10.9. The molecule has 2 saturated heterocycles. The molecule has 0 amide bonds. The second-order valence-electron chi connectivity index (χ2n) is 5.57. The molecule has 0 aromatic carbocycles. The van der Waals surface area contributed by atoms with Crippen molar-refractivity contribution in [2.45, 2.75) is 77.1 Å². The molecule has 94 valence electrons. The zero-order chi connectivity index (χ0) is 11.5. The van der Waals surface area contributed by atoms with Gasteiger partial charge in [-0.25, -0.2) is 5.01 Å². The van der Waals surface area contributed by atoms with Crippen molar-refractivity contribution in [1.29, 1.82) is 0 Å². The summed E-state index contributed by atoms with van der Waals surface area (Å²) < 4.78 is 5.59. The van der Waals surface area contributed by atoms with Crippen molar-refractivity contribution >= 4 is 0 Å². The van der Waals surface area contributed by atoms with Crippen LogP contribution in [0.1, 0.15) is 52.9 Å². The van der Waals surface area contributed by atoms with Gasteiger partial charge in [-0.15, -0.1) is 0 Å². The largest absolute Gasteiger partial charge is 0.378 e. The molecule has 0 aliphatic carbocycles. The zero-order valence-electron chi connectivity index (χ0n) is 10.9. The molecule has 2 rings (SSSR count). The van der Waals surface area contributed by atoms with Crippen LogP contribution in [0.5, 0.6) is 0 Å². The lowest BCUT2D eigenvalue weighted by molar-refractivity contribution is -0.0304. The van der Waals surface area contributed by atoms with Gasteiger partial charge in [-0.2, -0.15) is 0 Å². The fourth-order valence-corrected chi connectivity index (χ4v) is 3.00. The monoisotopic (exact) mass is 226 g/mol. The van der Waals surface area contributed by atoms with Gasteiger partial charge >= 0.3 is 0 Å². The number of hydrazine groups is 1. The summed E-state index contributed by atoms with van der Waals surface area (Å²) in [6, 6.07) is 1.98. The fraction of sp³-hybridized carbons (Fsp3) is 1.00. The lowest BCUT2D eigenvalue weighted by atomic mass is 9.99. The molecule has 2 fully saturated rings. The van der Waals surface area contributed by atoms with Crippen LogP contribution < -0.4 is 5.43 Å². The summed E-state index contributed by atoms with van der Waals surface area (Å²) in [6.45, 7) is 7.77. The lowest BCUT2D eigenvalue weighted by Gasteiger charge is -2.42. The Kier molecular flexibility index (Phi) is 4.22. The van der Waals surface area contributed by atoms with E-state index in [2.05, 4.69) is 31.2 Å². The van der Waals surface area contributed by atoms with Crippen LogP contribution in [0, 0.1) is 0 Å². The summed E-state index contributed by atoms with van der Waals surface area (Å²) in [5, 5.41) is 2.49. The topological polar surface area (TPSA) is 24.5 Å². The Morgan fingerprint density at radius 1 is 1.06 bits per heavy atom. The Balaban J connectivity index is 1.86. The van der Waals surface area contributed by atoms with Gasteiger partial charge in [0.25, 0.3) is 0 Å². The van der Waals surface area contributed by atoms with E-state index in [4.69, 9.17) is 4.74 Å². The highest BCUT2D eigenvalue weighted by atomic mass is 16.5. The third-order valence-electron chi connectivity index (χ3n) is 4.01. The molecule has 0 saturated carbocycles. The van der Waals surface area contributed by atoms with E-state index in [1.807, 2.05) is 0 Å². The van der Waals surface area contributed by atoms with E-state index in [9.17, 15) is 0 Å². The van der Waals surface area contributed by atoms with Crippen LogP contribution in [0.4, 0.5) is 0 Å². The number of hydrogen-bond acceptors (Lipinski definition) is 3. The highest BCUT2D eigenvalue weighted by Crippen LogP contribution is 2.22. The first kappa shape index (κ1) is 12.3.